The summed E-state index contributed by atoms with van der Waals surface area (Å²) in [4.78, 5) is 10.6. The molecule has 1 atom stereocenters. The molecule has 8 heteroatoms. The maximum atomic E-state index is 14.1. The van der Waals surface area contributed by atoms with Gasteiger partial charge in [0.1, 0.15) is 0 Å². The fourth-order valence-corrected chi connectivity index (χ4v) is 4.66. The molecule has 1 aromatic heterocycles. The van der Waals surface area contributed by atoms with Crippen LogP contribution in [-0.4, -0.2) is 56.9 Å². The standard InChI is InChI=1S/C23H29ClFN5O/c1-26-22(29-19-7-11-30(15-19)21-20(25)6-3-10-27-21)28-16-23(8-12-31-13-9-23)17-4-2-5-18(24)14-17/h2-6,10,14,19H,7-9,11-13,15-16H2,1H3,(H2,26,28,29). The van der Waals surface area contributed by atoms with E-state index < -0.39 is 0 Å². The number of aromatic nitrogens is 1. The van der Waals surface area contributed by atoms with Gasteiger partial charge >= 0.3 is 0 Å². The molecule has 0 amide bonds. The summed E-state index contributed by atoms with van der Waals surface area (Å²) in [5, 5.41) is 7.77. The Bertz CT molecular complexity index is 918. The molecule has 0 spiro atoms. The van der Waals surface area contributed by atoms with Gasteiger partial charge in [0, 0.05) is 62.6 Å². The lowest BCUT2D eigenvalue weighted by atomic mass is 9.74. The number of benzene rings is 1. The van der Waals surface area contributed by atoms with Crippen molar-refractivity contribution in [3.8, 4) is 0 Å². The molecule has 2 aliphatic heterocycles. The molecule has 31 heavy (non-hydrogen) atoms. The van der Waals surface area contributed by atoms with Gasteiger partial charge in [0.05, 0.1) is 0 Å². The molecule has 166 valence electrons. The number of guanidine groups is 1. The number of nitrogens with zero attached hydrogens (tertiary/aromatic N) is 3. The van der Waals surface area contributed by atoms with Crippen LogP contribution >= 0.6 is 11.6 Å². The summed E-state index contributed by atoms with van der Waals surface area (Å²) in [5.74, 6) is 0.881. The first-order valence-electron chi connectivity index (χ1n) is 10.8. The van der Waals surface area contributed by atoms with Crippen LogP contribution in [0.25, 0.3) is 0 Å². The van der Waals surface area contributed by atoms with E-state index in [9.17, 15) is 4.39 Å². The molecule has 0 aliphatic carbocycles. The zero-order chi connectivity index (χ0) is 21.7. The maximum Gasteiger partial charge on any atom is 0.191 e. The van der Waals surface area contributed by atoms with Crippen LogP contribution in [0.2, 0.25) is 5.02 Å². The van der Waals surface area contributed by atoms with E-state index in [-0.39, 0.29) is 17.3 Å². The van der Waals surface area contributed by atoms with Gasteiger partial charge in [0.25, 0.3) is 0 Å². The minimum Gasteiger partial charge on any atom is -0.381 e. The molecule has 2 aromatic rings. The van der Waals surface area contributed by atoms with Crippen molar-refractivity contribution in [3.05, 3.63) is 59.0 Å². The Hall–Kier alpha value is -2.38. The Balaban J connectivity index is 1.39. The second-order valence-electron chi connectivity index (χ2n) is 8.21. The van der Waals surface area contributed by atoms with Crippen molar-refractivity contribution in [1.29, 1.82) is 0 Å². The van der Waals surface area contributed by atoms with Crippen molar-refractivity contribution < 1.29 is 9.13 Å². The number of halogens is 2. The van der Waals surface area contributed by atoms with Gasteiger partial charge in [0.2, 0.25) is 0 Å². The monoisotopic (exact) mass is 445 g/mol. The zero-order valence-electron chi connectivity index (χ0n) is 17.8. The first kappa shape index (κ1) is 21.8. The topological polar surface area (TPSA) is 61.8 Å². The first-order chi connectivity index (χ1) is 15.1. The van der Waals surface area contributed by atoms with Crippen LogP contribution < -0.4 is 15.5 Å². The summed E-state index contributed by atoms with van der Waals surface area (Å²) in [7, 11) is 1.77. The molecule has 0 radical (unpaired) electrons. The van der Waals surface area contributed by atoms with E-state index in [1.165, 1.54) is 11.6 Å². The SMILES string of the molecule is CN=C(NCC1(c2cccc(Cl)c2)CCOCC1)NC1CCN(c2ncccc2F)C1. The summed E-state index contributed by atoms with van der Waals surface area (Å²) >= 11 is 6.28. The van der Waals surface area contributed by atoms with E-state index in [4.69, 9.17) is 16.3 Å². The lowest BCUT2D eigenvalue weighted by Gasteiger charge is -2.38. The van der Waals surface area contributed by atoms with E-state index in [1.807, 2.05) is 17.0 Å². The minimum atomic E-state index is -0.284. The van der Waals surface area contributed by atoms with Gasteiger partial charge in [-0.25, -0.2) is 9.37 Å². The van der Waals surface area contributed by atoms with Crippen molar-refractivity contribution in [3.63, 3.8) is 0 Å². The molecule has 2 aliphatic rings. The second kappa shape index (κ2) is 9.83. The number of aliphatic imine (C=N–C) groups is 1. The van der Waals surface area contributed by atoms with Crippen LogP contribution in [0.3, 0.4) is 0 Å². The molecule has 6 nitrogen and oxygen atoms in total. The van der Waals surface area contributed by atoms with Crippen molar-refractivity contribution >= 4 is 23.4 Å². The molecule has 2 saturated heterocycles. The highest BCUT2D eigenvalue weighted by atomic mass is 35.5. The van der Waals surface area contributed by atoms with Crippen molar-refractivity contribution in [1.82, 2.24) is 15.6 Å². The van der Waals surface area contributed by atoms with Gasteiger partial charge in [-0.05, 0) is 49.1 Å². The van der Waals surface area contributed by atoms with Gasteiger partial charge < -0.3 is 20.3 Å². The third-order valence-electron chi connectivity index (χ3n) is 6.27. The van der Waals surface area contributed by atoms with Gasteiger partial charge in [0.15, 0.2) is 17.6 Å². The number of ether oxygens (including phenoxy) is 1. The zero-order valence-corrected chi connectivity index (χ0v) is 18.5. The van der Waals surface area contributed by atoms with E-state index in [2.05, 4.69) is 32.7 Å². The smallest absolute Gasteiger partial charge is 0.191 e. The predicted octanol–water partition coefficient (Wildman–Crippen LogP) is 3.37. The largest absolute Gasteiger partial charge is 0.381 e. The summed E-state index contributed by atoms with van der Waals surface area (Å²) in [6.45, 7) is 3.64. The van der Waals surface area contributed by atoms with Crippen LogP contribution in [0.5, 0.6) is 0 Å². The molecule has 3 heterocycles. The fraction of sp³-hybridized carbons (Fsp3) is 0.478. The van der Waals surface area contributed by atoms with Crippen molar-refractivity contribution in [2.75, 3.05) is 44.8 Å². The Morgan fingerprint density at radius 3 is 2.90 bits per heavy atom. The molecule has 0 bridgehead atoms. The molecule has 4 rings (SSSR count). The number of hydrogen-bond donors (Lipinski definition) is 2. The van der Waals surface area contributed by atoms with E-state index in [1.54, 1.807) is 19.3 Å². The molecule has 1 unspecified atom stereocenters. The number of pyridine rings is 1. The van der Waals surface area contributed by atoms with Gasteiger partial charge in [-0.15, -0.1) is 0 Å². The normalized spacial score (nSPS) is 21.2. The average molecular weight is 446 g/mol. The Labute approximate surface area is 187 Å². The Kier molecular flexibility index (Phi) is 6.92. The average Bonchev–Trinajstić information content (AvgIpc) is 3.26. The molecule has 0 saturated carbocycles. The van der Waals surface area contributed by atoms with Crippen molar-refractivity contribution in [2.45, 2.75) is 30.7 Å². The number of nitrogens with one attached hydrogen (secondary N) is 2. The number of rotatable bonds is 5. The maximum absolute atomic E-state index is 14.1. The summed E-state index contributed by atoms with van der Waals surface area (Å²) in [5.41, 5.74) is 1.17. The van der Waals surface area contributed by atoms with E-state index >= 15 is 0 Å². The van der Waals surface area contributed by atoms with E-state index in [0.29, 0.717) is 12.4 Å². The highest BCUT2D eigenvalue weighted by Gasteiger charge is 2.35. The Morgan fingerprint density at radius 2 is 2.16 bits per heavy atom. The third-order valence-corrected chi connectivity index (χ3v) is 6.51. The van der Waals surface area contributed by atoms with Gasteiger partial charge in [-0.1, -0.05) is 23.7 Å². The lowest BCUT2D eigenvalue weighted by Crippen LogP contribution is -2.50. The summed E-state index contributed by atoms with van der Waals surface area (Å²) in [6, 6.07) is 11.3. The van der Waals surface area contributed by atoms with Gasteiger partial charge in [-0.2, -0.15) is 0 Å². The highest BCUT2D eigenvalue weighted by molar-refractivity contribution is 6.30. The van der Waals surface area contributed by atoms with Gasteiger partial charge in [-0.3, -0.25) is 4.99 Å². The van der Waals surface area contributed by atoms with E-state index in [0.717, 1.165) is 56.5 Å². The molecule has 2 N–H and O–H groups in total. The lowest BCUT2D eigenvalue weighted by molar-refractivity contribution is 0.0513. The van der Waals surface area contributed by atoms with Crippen LogP contribution in [0, 0.1) is 5.82 Å². The fourth-order valence-electron chi connectivity index (χ4n) is 4.47. The van der Waals surface area contributed by atoms with Crippen LogP contribution in [-0.2, 0) is 10.2 Å². The van der Waals surface area contributed by atoms with Crippen LogP contribution in [0.1, 0.15) is 24.8 Å². The second-order valence-corrected chi connectivity index (χ2v) is 8.65. The predicted molar refractivity (Wildman–Crippen MR) is 122 cm³/mol. The summed E-state index contributed by atoms with van der Waals surface area (Å²) in [6.07, 6.45) is 4.37. The molecular formula is C23H29ClFN5O. The third kappa shape index (κ3) is 5.10. The van der Waals surface area contributed by atoms with Crippen LogP contribution in [0.4, 0.5) is 10.2 Å². The summed E-state index contributed by atoms with van der Waals surface area (Å²) < 4.78 is 19.7. The Morgan fingerprint density at radius 1 is 1.32 bits per heavy atom. The van der Waals surface area contributed by atoms with Crippen LogP contribution in [0.15, 0.2) is 47.6 Å². The molecular weight excluding hydrogens is 417 g/mol. The van der Waals surface area contributed by atoms with Crippen molar-refractivity contribution in [2.24, 2.45) is 4.99 Å². The highest BCUT2D eigenvalue weighted by Crippen LogP contribution is 2.35. The molecule has 1 aromatic carbocycles. The first-order valence-corrected chi connectivity index (χ1v) is 11.1. The quantitative estimate of drug-likeness (QED) is 0.546. The number of hydrogen-bond acceptors (Lipinski definition) is 4. The number of anilines is 1. The minimum absolute atomic E-state index is 0.0560. The molecule has 2 fully saturated rings.